The Morgan fingerprint density at radius 3 is 2.04 bits per heavy atom. The third kappa shape index (κ3) is 6.89. The zero-order valence-corrected chi connectivity index (χ0v) is 14.8. The van der Waals surface area contributed by atoms with Crippen LogP contribution in [0.25, 0.3) is 0 Å². The van der Waals surface area contributed by atoms with Crippen LogP contribution in [0.3, 0.4) is 0 Å². The predicted molar refractivity (Wildman–Crippen MR) is 101 cm³/mol. The Kier molecular flexibility index (Phi) is 7.86. The predicted octanol–water partition coefficient (Wildman–Crippen LogP) is 3.40. The van der Waals surface area contributed by atoms with Crippen molar-refractivity contribution < 1.29 is 9.59 Å². The van der Waals surface area contributed by atoms with Crippen molar-refractivity contribution in [1.29, 1.82) is 0 Å². The molecule has 0 aliphatic rings. The van der Waals surface area contributed by atoms with Gasteiger partial charge in [0.15, 0.2) is 5.78 Å². The van der Waals surface area contributed by atoms with Gasteiger partial charge >= 0.3 is 0 Å². The van der Waals surface area contributed by atoms with E-state index in [1.54, 1.807) is 0 Å². The number of Topliss-reactive ketones (excluding diaryl/α,β-unsaturated/α-hetero) is 1. The number of nitrogens with one attached hydrogen (secondary N) is 1. The second-order valence-corrected chi connectivity index (χ2v) is 6.17. The highest BCUT2D eigenvalue weighted by Crippen LogP contribution is 2.05. The quantitative estimate of drug-likeness (QED) is 0.533. The number of ketones is 1. The van der Waals surface area contributed by atoms with Crippen molar-refractivity contribution in [2.24, 2.45) is 0 Å². The van der Waals surface area contributed by atoms with Gasteiger partial charge < -0.3 is 10.2 Å². The Morgan fingerprint density at radius 1 is 0.840 bits per heavy atom. The number of nitrogens with zero attached hydrogens (tertiary/aromatic N) is 1. The van der Waals surface area contributed by atoms with Crippen molar-refractivity contribution in [1.82, 2.24) is 10.2 Å². The molecule has 0 bridgehead atoms. The lowest BCUT2D eigenvalue weighted by molar-refractivity contribution is 0.0947. The van der Waals surface area contributed by atoms with Crippen LogP contribution < -0.4 is 5.32 Å². The van der Waals surface area contributed by atoms with Crippen LogP contribution >= 0.6 is 0 Å². The van der Waals surface area contributed by atoms with E-state index in [9.17, 15) is 9.59 Å². The second kappa shape index (κ2) is 10.4. The molecule has 1 N–H and O–H groups in total. The summed E-state index contributed by atoms with van der Waals surface area (Å²) in [6, 6.07) is 18.7. The van der Waals surface area contributed by atoms with E-state index in [0.29, 0.717) is 18.5 Å². The number of amides is 1. The van der Waals surface area contributed by atoms with Gasteiger partial charge in [0.1, 0.15) is 0 Å². The molecule has 132 valence electrons. The summed E-state index contributed by atoms with van der Waals surface area (Å²) in [6.45, 7) is 2.43. The molecule has 0 heterocycles. The lowest BCUT2D eigenvalue weighted by Crippen LogP contribution is -2.28. The first-order chi connectivity index (χ1) is 12.2. The highest BCUT2D eigenvalue weighted by molar-refractivity contribution is 5.96. The number of rotatable bonds is 10. The lowest BCUT2D eigenvalue weighted by Gasteiger charge is -2.16. The summed E-state index contributed by atoms with van der Waals surface area (Å²) in [5.74, 6) is 0.167. The zero-order chi connectivity index (χ0) is 17.9. The van der Waals surface area contributed by atoms with Crippen LogP contribution in [0.1, 0.15) is 40.0 Å². The summed E-state index contributed by atoms with van der Waals surface area (Å²) in [5, 5.41) is 2.93. The number of benzene rings is 2. The number of hydrogen-bond donors (Lipinski definition) is 1. The van der Waals surface area contributed by atoms with Gasteiger partial charge in [0.2, 0.25) is 0 Å². The standard InChI is InChI=1S/C21H26N2O2/c1-23(16-8-14-20(24)18-10-4-2-5-11-18)17-9-15-22-21(25)19-12-6-3-7-13-19/h2-7,10-13H,8-9,14-17H2,1H3,(H,22,25). The van der Waals surface area contributed by atoms with Gasteiger partial charge in [-0.1, -0.05) is 48.5 Å². The highest BCUT2D eigenvalue weighted by atomic mass is 16.1. The molecule has 0 aliphatic heterocycles. The fourth-order valence-corrected chi connectivity index (χ4v) is 2.63. The van der Waals surface area contributed by atoms with Gasteiger partial charge in [-0.25, -0.2) is 0 Å². The van der Waals surface area contributed by atoms with Crippen LogP contribution in [0.4, 0.5) is 0 Å². The average molecular weight is 338 g/mol. The van der Waals surface area contributed by atoms with E-state index in [1.807, 2.05) is 67.7 Å². The fraction of sp³-hybridized carbons (Fsp3) is 0.333. The van der Waals surface area contributed by atoms with Crippen molar-refractivity contribution in [3.05, 3.63) is 71.8 Å². The van der Waals surface area contributed by atoms with Crippen LogP contribution in [0.5, 0.6) is 0 Å². The molecule has 0 aliphatic carbocycles. The molecule has 0 saturated heterocycles. The summed E-state index contributed by atoms with van der Waals surface area (Å²) in [4.78, 5) is 26.1. The van der Waals surface area contributed by atoms with Gasteiger partial charge in [-0.3, -0.25) is 9.59 Å². The molecule has 4 nitrogen and oxygen atoms in total. The third-order valence-electron chi connectivity index (χ3n) is 4.08. The van der Waals surface area contributed by atoms with Gasteiger partial charge in [-0.2, -0.15) is 0 Å². The smallest absolute Gasteiger partial charge is 0.251 e. The summed E-state index contributed by atoms with van der Waals surface area (Å²) in [7, 11) is 2.05. The van der Waals surface area contributed by atoms with Crippen molar-refractivity contribution >= 4 is 11.7 Å². The highest BCUT2D eigenvalue weighted by Gasteiger charge is 2.06. The molecule has 0 unspecified atom stereocenters. The van der Waals surface area contributed by atoms with Crippen LogP contribution in [-0.2, 0) is 0 Å². The second-order valence-electron chi connectivity index (χ2n) is 6.17. The Bertz CT molecular complexity index is 656. The fourth-order valence-electron chi connectivity index (χ4n) is 2.63. The number of carbonyl (C=O) groups excluding carboxylic acids is 2. The minimum atomic E-state index is -0.0308. The first-order valence-electron chi connectivity index (χ1n) is 8.77. The summed E-state index contributed by atoms with van der Waals surface area (Å²) >= 11 is 0. The van der Waals surface area contributed by atoms with Gasteiger partial charge in [-0.05, 0) is 45.1 Å². The molecule has 4 heteroatoms. The van der Waals surface area contributed by atoms with E-state index in [1.165, 1.54) is 0 Å². The maximum absolute atomic E-state index is 12.0. The van der Waals surface area contributed by atoms with E-state index in [0.717, 1.165) is 31.5 Å². The topological polar surface area (TPSA) is 49.4 Å². The molecule has 0 atom stereocenters. The molecule has 2 rings (SSSR count). The first-order valence-corrected chi connectivity index (χ1v) is 8.77. The summed E-state index contributed by atoms with van der Waals surface area (Å²) in [6.07, 6.45) is 2.31. The largest absolute Gasteiger partial charge is 0.352 e. The number of carbonyl (C=O) groups is 2. The molecule has 0 radical (unpaired) electrons. The summed E-state index contributed by atoms with van der Waals surface area (Å²) < 4.78 is 0. The molecule has 0 aromatic heterocycles. The molecule has 25 heavy (non-hydrogen) atoms. The molecule has 2 aromatic carbocycles. The Morgan fingerprint density at radius 2 is 1.40 bits per heavy atom. The maximum atomic E-state index is 12.0. The van der Waals surface area contributed by atoms with Gasteiger partial charge in [0, 0.05) is 24.1 Å². The number of hydrogen-bond acceptors (Lipinski definition) is 3. The first kappa shape index (κ1) is 18.9. The van der Waals surface area contributed by atoms with E-state index < -0.39 is 0 Å². The van der Waals surface area contributed by atoms with E-state index >= 15 is 0 Å². The van der Waals surface area contributed by atoms with E-state index in [2.05, 4.69) is 10.2 Å². The van der Waals surface area contributed by atoms with Crippen molar-refractivity contribution in [3.8, 4) is 0 Å². The zero-order valence-electron chi connectivity index (χ0n) is 14.8. The molecule has 0 saturated carbocycles. The minimum Gasteiger partial charge on any atom is -0.352 e. The van der Waals surface area contributed by atoms with Crippen LogP contribution in [0.2, 0.25) is 0 Å². The molecule has 0 spiro atoms. The van der Waals surface area contributed by atoms with Crippen molar-refractivity contribution in [2.45, 2.75) is 19.3 Å². The molecule has 1 amide bonds. The van der Waals surface area contributed by atoms with Crippen LogP contribution in [0.15, 0.2) is 60.7 Å². The Balaban J connectivity index is 1.56. The maximum Gasteiger partial charge on any atom is 0.251 e. The Labute approximate surface area is 149 Å². The third-order valence-corrected chi connectivity index (χ3v) is 4.08. The molecular formula is C21H26N2O2. The molecule has 0 fully saturated rings. The molecule has 2 aromatic rings. The minimum absolute atomic E-state index is 0.0308. The van der Waals surface area contributed by atoms with Gasteiger partial charge in [0.05, 0.1) is 0 Å². The van der Waals surface area contributed by atoms with E-state index in [4.69, 9.17) is 0 Å². The van der Waals surface area contributed by atoms with Crippen molar-refractivity contribution in [2.75, 3.05) is 26.7 Å². The lowest BCUT2D eigenvalue weighted by atomic mass is 10.1. The SMILES string of the molecule is CN(CCCNC(=O)c1ccccc1)CCCC(=O)c1ccccc1. The van der Waals surface area contributed by atoms with E-state index in [-0.39, 0.29) is 11.7 Å². The monoisotopic (exact) mass is 338 g/mol. The average Bonchev–Trinajstić information content (AvgIpc) is 2.66. The van der Waals surface area contributed by atoms with Crippen molar-refractivity contribution in [3.63, 3.8) is 0 Å². The summed E-state index contributed by atoms with van der Waals surface area (Å²) in [5.41, 5.74) is 1.48. The van der Waals surface area contributed by atoms with Gasteiger partial charge in [-0.15, -0.1) is 0 Å². The van der Waals surface area contributed by atoms with Crippen LogP contribution in [-0.4, -0.2) is 43.3 Å². The molecular weight excluding hydrogens is 312 g/mol. The van der Waals surface area contributed by atoms with Crippen LogP contribution in [0, 0.1) is 0 Å². The normalized spacial score (nSPS) is 10.6. The van der Waals surface area contributed by atoms with Gasteiger partial charge in [0.25, 0.3) is 5.91 Å². The Hall–Kier alpha value is -2.46.